The molecule has 0 atom stereocenters. The molecule has 0 saturated carbocycles. The number of rotatable bonds is 8. The van der Waals surface area contributed by atoms with Crippen LogP contribution < -0.4 is 5.32 Å². The lowest BCUT2D eigenvalue weighted by Gasteiger charge is -2.05. The van der Waals surface area contributed by atoms with Gasteiger partial charge in [-0.25, -0.2) is 9.67 Å². The summed E-state index contributed by atoms with van der Waals surface area (Å²) in [5.74, 6) is 0.960. The van der Waals surface area contributed by atoms with Crippen molar-refractivity contribution in [3.63, 3.8) is 0 Å². The van der Waals surface area contributed by atoms with Gasteiger partial charge >= 0.3 is 0 Å². The number of carbonyl (C=O) groups is 1. The fourth-order valence-electron chi connectivity index (χ4n) is 3.06. The minimum absolute atomic E-state index is 0.0451. The lowest BCUT2D eigenvalue weighted by molar-refractivity contribution is -0.118. The van der Waals surface area contributed by atoms with Crippen LogP contribution in [-0.4, -0.2) is 33.0 Å². The molecule has 31 heavy (non-hydrogen) atoms. The number of hydrogen-bond donors (Lipinski definition) is 1. The van der Waals surface area contributed by atoms with Crippen LogP contribution in [0.5, 0.6) is 0 Å². The van der Waals surface area contributed by atoms with E-state index in [1.165, 1.54) is 11.8 Å². The van der Waals surface area contributed by atoms with Crippen molar-refractivity contribution >= 4 is 29.3 Å². The Balaban J connectivity index is 1.39. The van der Waals surface area contributed by atoms with Gasteiger partial charge in [0, 0.05) is 17.1 Å². The maximum atomic E-state index is 12.3. The first kappa shape index (κ1) is 21.2. The van der Waals surface area contributed by atoms with E-state index in [0.29, 0.717) is 16.7 Å². The van der Waals surface area contributed by atoms with Gasteiger partial charge in [0.1, 0.15) is 0 Å². The molecule has 156 valence electrons. The molecule has 1 aromatic heterocycles. The van der Waals surface area contributed by atoms with Crippen molar-refractivity contribution in [2.45, 2.75) is 11.6 Å². The van der Waals surface area contributed by atoms with Crippen molar-refractivity contribution < 1.29 is 4.79 Å². The molecule has 1 amide bonds. The number of para-hydroxylation sites is 1. The van der Waals surface area contributed by atoms with E-state index in [1.54, 1.807) is 0 Å². The molecule has 0 fully saturated rings. The summed E-state index contributed by atoms with van der Waals surface area (Å²) >= 11 is 7.23. The Hall–Kier alpha value is -3.09. The summed E-state index contributed by atoms with van der Waals surface area (Å²) in [5.41, 5.74) is 3.03. The summed E-state index contributed by atoms with van der Waals surface area (Å²) in [6, 6.07) is 27.4. The normalized spacial score (nSPS) is 10.7. The zero-order chi connectivity index (χ0) is 21.5. The fourth-order valence-corrected chi connectivity index (χ4v) is 3.83. The first-order valence-electron chi connectivity index (χ1n) is 9.91. The third-order valence-corrected chi connectivity index (χ3v) is 5.69. The molecule has 1 heterocycles. The van der Waals surface area contributed by atoms with Gasteiger partial charge in [0.2, 0.25) is 11.1 Å². The number of nitrogens with zero attached hydrogens (tertiary/aromatic N) is 3. The Labute approximate surface area is 190 Å². The first-order chi connectivity index (χ1) is 15.2. The number of halogens is 1. The van der Waals surface area contributed by atoms with E-state index < -0.39 is 0 Å². The molecule has 4 aromatic rings. The average molecular weight is 449 g/mol. The van der Waals surface area contributed by atoms with Crippen molar-refractivity contribution in [3.8, 4) is 17.1 Å². The predicted octanol–water partition coefficient (Wildman–Crippen LogP) is 5.04. The number of aromatic nitrogens is 3. The topological polar surface area (TPSA) is 59.8 Å². The van der Waals surface area contributed by atoms with E-state index >= 15 is 0 Å². The highest BCUT2D eigenvalue weighted by molar-refractivity contribution is 7.99. The van der Waals surface area contributed by atoms with Gasteiger partial charge in [-0.1, -0.05) is 84.0 Å². The highest BCUT2D eigenvalue weighted by Crippen LogP contribution is 2.24. The summed E-state index contributed by atoms with van der Waals surface area (Å²) in [7, 11) is 0. The van der Waals surface area contributed by atoms with Gasteiger partial charge in [-0.05, 0) is 36.2 Å². The van der Waals surface area contributed by atoms with Gasteiger partial charge < -0.3 is 5.32 Å². The van der Waals surface area contributed by atoms with E-state index in [-0.39, 0.29) is 11.7 Å². The minimum atomic E-state index is -0.0451. The smallest absolute Gasteiger partial charge is 0.230 e. The number of hydrogen-bond acceptors (Lipinski definition) is 4. The van der Waals surface area contributed by atoms with E-state index in [0.717, 1.165) is 29.1 Å². The van der Waals surface area contributed by atoms with Crippen LogP contribution in [0.4, 0.5) is 0 Å². The third-order valence-electron chi connectivity index (χ3n) is 4.60. The predicted molar refractivity (Wildman–Crippen MR) is 126 cm³/mol. The average Bonchev–Trinajstić information content (AvgIpc) is 3.25. The molecule has 0 bridgehead atoms. The molecule has 1 N–H and O–H groups in total. The second-order valence-corrected chi connectivity index (χ2v) is 8.23. The van der Waals surface area contributed by atoms with Crippen LogP contribution in [0.1, 0.15) is 5.56 Å². The minimum Gasteiger partial charge on any atom is -0.355 e. The van der Waals surface area contributed by atoms with Gasteiger partial charge in [-0.15, -0.1) is 5.10 Å². The molecule has 4 rings (SSSR count). The third kappa shape index (κ3) is 5.75. The molecule has 7 heteroatoms. The van der Waals surface area contributed by atoms with Crippen molar-refractivity contribution in [1.82, 2.24) is 20.1 Å². The van der Waals surface area contributed by atoms with E-state index in [4.69, 9.17) is 11.6 Å². The van der Waals surface area contributed by atoms with Gasteiger partial charge in [-0.2, -0.15) is 0 Å². The van der Waals surface area contributed by atoms with Crippen molar-refractivity contribution in [2.75, 3.05) is 12.3 Å². The second-order valence-electron chi connectivity index (χ2n) is 6.85. The monoisotopic (exact) mass is 448 g/mol. The summed E-state index contributed by atoms with van der Waals surface area (Å²) in [6.45, 7) is 0.572. The van der Waals surface area contributed by atoms with Gasteiger partial charge in [0.15, 0.2) is 5.82 Å². The van der Waals surface area contributed by atoms with E-state index in [2.05, 4.69) is 15.4 Å². The number of thioether (sulfide) groups is 1. The number of nitrogens with one attached hydrogen (secondary N) is 1. The highest BCUT2D eigenvalue weighted by Gasteiger charge is 2.15. The Morgan fingerprint density at radius 1 is 0.935 bits per heavy atom. The second kappa shape index (κ2) is 10.3. The van der Waals surface area contributed by atoms with Crippen LogP contribution in [-0.2, 0) is 11.2 Å². The molecule has 0 aliphatic rings. The molecule has 0 unspecified atom stereocenters. The Morgan fingerprint density at radius 2 is 1.61 bits per heavy atom. The standard InChI is InChI=1S/C24H21ClN4OS/c25-20-13-11-18(12-14-20)15-16-26-22(30)17-31-24-27-23(19-7-3-1-4-8-19)29(28-24)21-9-5-2-6-10-21/h1-14H,15-17H2,(H,26,30). The van der Waals surface area contributed by atoms with Crippen LogP contribution in [0.15, 0.2) is 90.1 Å². The number of benzene rings is 3. The molecule has 0 aliphatic carbocycles. The van der Waals surface area contributed by atoms with Crippen LogP contribution in [0.25, 0.3) is 17.1 Å². The SMILES string of the molecule is O=C(CSc1nc(-c2ccccc2)n(-c2ccccc2)n1)NCCc1ccc(Cl)cc1. The molecular weight excluding hydrogens is 428 g/mol. The number of carbonyl (C=O) groups excluding carboxylic acids is 1. The molecule has 3 aromatic carbocycles. The maximum absolute atomic E-state index is 12.3. The van der Waals surface area contributed by atoms with E-state index in [1.807, 2.05) is 89.6 Å². The summed E-state index contributed by atoms with van der Waals surface area (Å²) < 4.78 is 1.82. The zero-order valence-electron chi connectivity index (χ0n) is 16.7. The first-order valence-corrected chi connectivity index (χ1v) is 11.3. The molecule has 0 aliphatic heterocycles. The molecule has 5 nitrogen and oxygen atoms in total. The zero-order valence-corrected chi connectivity index (χ0v) is 18.3. The number of amides is 1. The summed E-state index contributed by atoms with van der Waals surface area (Å²) in [4.78, 5) is 17.0. The van der Waals surface area contributed by atoms with Crippen molar-refractivity contribution in [3.05, 3.63) is 95.5 Å². The summed E-state index contributed by atoms with van der Waals surface area (Å²) in [6.07, 6.45) is 0.757. The van der Waals surface area contributed by atoms with Crippen LogP contribution in [0.2, 0.25) is 5.02 Å². The van der Waals surface area contributed by atoms with Crippen LogP contribution in [0.3, 0.4) is 0 Å². The van der Waals surface area contributed by atoms with Gasteiger partial charge in [-0.3, -0.25) is 4.79 Å². The summed E-state index contributed by atoms with van der Waals surface area (Å²) in [5, 5.41) is 8.86. The van der Waals surface area contributed by atoms with Crippen molar-refractivity contribution in [1.29, 1.82) is 0 Å². The Bertz CT molecular complexity index is 1070. The van der Waals surface area contributed by atoms with Crippen molar-refractivity contribution in [2.24, 2.45) is 0 Å². The van der Waals surface area contributed by atoms with Gasteiger partial charge in [0.05, 0.1) is 11.4 Å². The maximum Gasteiger partial charge on any atom is 0.230 e. The molecule has 0 spiro atoms. The van der Waals surface area contributed by atoms with Crippen LogP contribution in [0, 0.1) is 0 Å². The molecular formula is C24H21ClN4OS. The molecule has 0 saturated heterocycles. The fraction of sp³-hybridized carbons (Fsp3) is 0.125. The highest BCUT2D eigenvalue weighted by atomic mass is 35.5. The Morgan fingerprint density at radius 3 is 2.32 bits per heavy atom. The van der Waals surface area contributed by atoms with E-state index in [9.17, 15) is 4.79 Å². The lowest BCUT2D eigenvalue weighted by Crippen LogP contribution is -2.27. The Kier molecular flexibility index (Phi) is 7.02. The van der Waals surface area contributed by atoms with Crippen LogP contribution >= 0.6 is 23.4 Å². The largest absolute Gasteiger partial charge is 0.355 e. The lowest BCUT2D eigenvalue weighted by atomic mass is 10.1. The van der Waals surface area contributed by atoms with Gasteiger partial charge in [0.25, 0.3) is 0 Å². The quantitative estimate of drug-likeness (QED) is 0.384. The molecule has 0 radical (unpaired) electrons.